The number of carbonyl (C=O) groups is 1. The molecule has 1 saturated carbocycles. The van der Waals surface area contributed by atoms with E-state index in [0.717, 1.165) is 23.5 Å². The van der Waals surface area contributed by atoms with E-state index in [4.69, 9.17) is 0 Å². The molecule has 1 aromatic rings. The molecular formula is C13H20N2OS. The fourth-order valence-corrected chi connectivity index (χ4v) is 3.49. The van der Waals surface area contributed by atoms with Gasteiger partial charge in [0.25, 0.3) is 0 Å². The van der Waals surface area contributed by atoms with Crippen molar-refractivity contribution in [2.75, 3.05) is 14.1 Å². The Hall–Kier alpha value is -0.740. The third-order valence-electron chi connectivity index (χ3n) is 3.78. The number of hydrogen-bond donors (Lipinski definition) is 0. The Kier molecular flexibility index (Phi) is 3.64. The highest BCUT2D eigenvalue weighted by atomic mass is 32.1. The standard InChI is InChI=1S/C13H20N2OS/c1-10-9-17-12(14-10)8-11(16)13(15(2)3)6-4-5-7-13/h9H,4-8H2,1-3H3. The molecule has 1 aliphatic carbocycles. The van der Waals surface area contributed by atoms with Gasteiger partial charge in [0.15, 0.2) is 5.78 Å². The van der Waals surface area contributed by atoms with Gasteiger partial charge in [-0.25, -0.2) is 4.98 Å². The van der Waals surface area contributed by atoms with E-state index in [-0.39, 0.29) is 5.54 Å². The topological polar surface area (TPSA) is 33.2 Å². The average molecular weight is 252 g/mol. The van der Waals surface area contributed by atoms with Crippen molar-refractivity contribution in [3.8, 4) is 0 Å². The van der Waals surface area contributed by atoms with Gasteiger partial charge < -0.3 is 0 Å². The van der Waals surface area contributed by atoms with E-state index in [0.29, 0.717) is 12.2 Å². The van der Waals surface area contributed by atoms with Crippen LogP contribution in [0.3, 0.4) is 0 Å². The Morgan fingerprint density at radius 2 is 2.12 bits per heavy atom. The highest BCUT2D eigenvalue weighted by molar-refractivity contribution is 7.09. The van der Waals surface area contributed by atoms with Gasteiger partial charge in [-0.15, -0.1) is 11.3 Å². The summed E-state index contributed by atoms with van der Waals surface area (Å²) < 4.78 is 0. The molecule has 0 radical (unpaired) electrons. The summed E-state index contributed by atoms with van der Waals surface area (Å²) in [5.41, 5.74) is 0.794. The van der Waals surface area contributed by atoms with Crippen molar-refractivity contribution in [1.29, 1.82) is 0 Å². The summed E-state index contributed by atoms with van der Waals surface area (Å²) >= 11 is 1.60. The molecule has 1 fully saturated rings. The molecule has 1 aliphatic rings. The third kappa shape index (κ3) is 2.43. The second-order valence-corrected chi connectivity index (χ2v) is 6.06. The molecule has 0 amide bonds. The summed E-state index contributed by atoms with van der Waals surface area (Å²) in [6.07, 6.45) is 4.84. The molecule has 0 N–H and O–H groups in total. The number of ketones is 1. The van der Waals surface area contributed by atoms with Crippen molar-refractivity contribution >= 4 is 17.1 Å². The number of Topliss-reactive ketones (excluding diaryl/α,β-unsaturated/α-hetero) is 1. The van der Waals surface area contributed by atoms with Gasteiger partial charge in [0.1, 0.15) is 5.01 Å². The van der Waals surface area contributed by atoms with Crippen LogP contribution in [0.4, 0.5) is 0 Å². The van der Waals surface area contributed by atoms with E-state index in [1.807, 2.05) is 26.4 Å². The van der Waals surface area contributed by atoms with Crippen LogP contribution in [0.1, 0.15) is 36.4 Å². The van der Waals surface area contributed by atoms with Gasteiger partial charge in [0.05, 0.1) is 12.0 Å². The molecule has 0 atom stereocenters. The largest absolute Gasteiger partial charge is 0.297 e. The molecule has 3 nitrogen and oxygen atoms in total. The zero-order valence-corrected chi connectivity index (χ0v) is 11.6. The number of nitrogens with zero attached hydrogens (tertiary/aromatic N) is 2. The zero-order valence-electron chi connectivity index (χ0n) is 10.8. The monoisotopic (exact) mass is 252 g/mol. The van der Waals surface area contributed by atoms with Crippen molar-refractivity contribution in [1.82, 2.24) is 9.88 Å². The van der Waals surface area contributed by atoms with E-state index >= 15 is 0 Å². The minimum atomic E-state index is -0.223. The van der Waals surface area contributed by atoms with Gasteiger partial charge in [0.2, 0.25) is 0 Å². The lowest BCUT2D eigenvalue weighted by molar-refractivity contribution is -0.128. The van der Waals surface area contributed by atoms with E-state index in [2.05, 4.69) is 9.88 Å². The molecule has 0 saturated heterocycles. The highest BCUT2D eigenvalue weighted by Crippen LogP contribution is 2.35. The Morgan fingerprint density at radius 1 is 1.47 bits per heavy atom. The van der Waals surface area contributed by atoms with Gasteiger partial charge in [-0.05, 0) is 33.9 Å². The van der Waals surface area contributed by atoms with Crippen molar-refractivity contribution in [2.45, 2.75) is 44.6 Å². The van der Waals surface area contributed by atoms with E-state index in [1.165, 1.54) is 12.8 Å². The van der Waals surface area contributed by atoms with Crippen LogP contribution in [0.25, 0.3) is 0 Å². The van der Waals surface area contributed by atoms with Crippen LogP contribution in [0, 0.1) is 6.92 Å². The van der Waals surface area contributed by atoms with Crippen LogP contribution >= 0.6 is 11.3 Å². The van der Waals surface area contributed by atoms with Gasteiger partial charge in [-0.3, -0.25) is 9.69 Å². The Morgan fingerprint density at radius 3 is 2.59 bits per heavy atom. The van der Waals surface area contributed by atoms with Gasteiger partial charge in [0, 0.05) is 11.1 Å². The van der Waals surface area contributed by atoms with Crippen LogP contribution in [0.5, 0.6) is 0 Å². The predicted molar refractivity (Wildman–Crippen MR) is 70.4 cm³/mol. The predicted octanol–water partition coefficient (Wildman–Crippen LogP) is 2.44. The summed E-state index contributed by atoms with van der Waals surface area (Å²) in [5, 5.41) is 2.97. The molecule has 17 heavy (non-hydrogen) atoms. The zero-order chi connectivity index (χ0) is 12.5. The maximum Gasteiger partial charge on any atom is 0.159 e. The molecule has 0 bridgehead atoms. The summed E-state index contributed by atoms with van der Waals surface area (Å²) in [7, 11) is 4.05. The lowest BCUT2D eigenvalue weighted by Crippen LogP contribution is -2.49. The van der Waals surface area contributed by atoms with Crippen LogP contribution in [0.15, 0.2) is 5.38 Å². The molecule has 0 aliphatic heterocycles. The smallest absolute Gasteiger partial charge is 0.159 e. The SMILES string of the molecule is Cc1csc(CC(=O)C2(N(C)C)CCCC2)n1. The molecule has 2 rings (SSSR count). The van der Waals surface area contributed by atoms with Gasteiger partial charge in [-0.1, -0.05) is 12.8 Å². The van der Waals surface area contributed by atoms with E-state index in [1.54, 1.807) is 11.3 Å². The van der Waals surface area contributed by atoms with Crippen molar-refractivity contribution < 1.29 is 4.79 Å². The quantitative estimate of drug-likeness (QED) is 0.825. The number of likely N-dealkylation sites (N-methyl/N-ethyl adjacent to an activating group) is 1. The maximum absolute atomic E-state index is 12.5. The molecule has 94 valence electrons. The number of carbonyl (C=O) groups excluding carboxylic acids is 1. The first-order chi connectivity index (χ1) is 8.04. The average Bonchev–Trinajstić information content (AvgIpc) is 2.87. The normalized spacial score (nSPS) is 18.8. The van der Waals surface area contributed by atoms with Gasteiger partial charge in [-0.2, -0.15) is 0 Å². The molecule has 0 unspecified atom stereocenters. The molecule has 0 spiro atoms. The minimum Gasteiger partial charge on any atom is -0.297 e. The molecule has 1 heterocycles. The molecule has 0 aromatic carbocycles. The van der Waals surface area contributed by atoms with Crippen molar-refractivity contribution in [2.24, 2.45) is 0 Å². The fraction of sp³-hybridized carbons (Fsp3) is 0.692. The van der Waals surface area contributed by atoms with Crippen molar-refractivity contribution in [3.05, 3.63) is 16.1 Å². The summed E-state index contributed by atoms with van der Waals surface area (Å²) in [6.45, 7) is 1.97. The van der Waals surface area contributed by atoms with Gasteiger partial charge >= 0.3 is 0 Å². The van der Waals surface area contributed by atoms with E-state index in [9.17, 15) is 4.79 Å². The Labute approximate surface area is 107 Å². The number of hydrogen-bond acceptors (Lipinski definition) is 4. The van der Waals surface area contributed by atoms with E-state index < -0.39 is 0 Å². The first-order valence-corrected chi connectivity index (χ1v) is 7.04. The Balaban J connectivity index is 2.12. The van der Waals surface area contributed by atoms with Crippen molar-refractivity contribution in [3.63, 3.8) is 0 Å². The number of rotatable bonds is 4. The number of aryl methyl sites for hydroxylation is 1. The van der Waals surface area contributed by atoms with Crippen LogP contribution < -0.4 is 0 Å². The highest BCUT2D eigenvalue weighted by Gasteiger charge is 2.42. The van der Waals surface area contributed by atoms with Crippen LogP contribution in [-0.2, 0) is 11.2 Å². The van der Waals surface area contributed by atoms with Crippen LogP contribution in [0.2, 0.25) is 0 Å². The molecule has 4 heteroatoms. The van der Waals surface area contributed by atoms with Crippen LogP contribution in [-0.4, -0.2) is 35.3 Å². The lowest BCUT2D eigenvalue weighted by Gasteiger charge is -2.34. The first-order valence-electron chi connectivity index (χ1n) is 6.16. The molecular weight excluding hydrogens is 232 g/mol. The summed E-state index contributed by atoms with van der Waals surface area (Å²) in [4.78, 5) is 19.0. The second-order valence-electron chi connectivity index (χ2n) is 5.12. The maximum atomic E-state index is 12.5. The lowest BCUT2D eigenvalue weighted by atomic mass is 9.89. The Bertz CT molecular complexity index is 405. The first kappa shape index (κ1) is 12.7. The summed E-state index contributed by atoms with van der Waals surface area (Å²) in [5.74, 6) is 0.342. The second kappa shape index (κ2) is 4.86. The number of thiazole rings is 1. The molecule has 1 aromatic heterocycles. The minimum absolute atomic E-state index is 0.223. The third-order valence-corrected chi connectivity index (χ3v) is 4.75. The summed E-state index contributed by atoms with van der Waals surface area (Å²) in [6, 6.07) is 0. The number of aromatic nitrogens is 1. The fourth-order valence-electron chi connectivity index (χ4n) is 2.72.